The highest BCUT2D eigenvalue weighted by molar-refractivity contribution is 5.93. The molecule has 2 N–H and O–H groups in total. The van der Waals surface area contributed by atoms with E-state index in [1.165, 1.54) is 12.4 Å². The highest BCUT2D eigenvalue weighted by Crippen LogP contribution is 2.31. The summed E-state index contributed by atoms with van der Waals surface area (Å²) in [7, 11) is 0. The van der Waals surface area contributed by atoms with Crippen molar-refractivity contribution >= 4 is 5.91 Å². The molecule has 0 atom stereocenters. The summed E-state index contributed by atoms with van der Waals surface area (Å²) in [6.45, 7) is 2.50. The molecule has 1 aliphatic carbocycles. The molecule has 1 amide bonds. The van der Waals surface area contributed by atoms with Crippen LogP contribution in [0.4, 0.5) is 0 Å². The number of aromatic nitrogens is 2. The van der Waals surface area contributed by atoms with Crippen LogP contribution in [0.2, 0.25) is 0 Å². The minimum absolute atomic E-state index is 0.211. The number of carbonyl (C=O) groups excluding carboxylic acids is 1. The van der Waals surface area contributed by atoms with Crippen LogP contribution >= 0.6 is 0 Å². The zero-order chi connectivity index (χ0) is 13.0. The van der Waals surface area contributed by atoms with Crippen LogP contribution in [-0.2, 0) is 0 Å². The monoisotopic (exact) mass is 249 g/mol. The topological polar surface area (TPSA) is 75.1 Å². The van der Waals surface area contributed by atoms with Crippen LogP contribution in [0, 0.1) is 5.92 Å². The predicted octanol–water partition coefficient (Wildman–Crippen LogP) is 1.15. The fourth-order valence-electron chi connectivity index (χ4n) is 2.25. The van der Waals surface area contributed by atoms with Gasteiger partial charge in [-0.05, 0) is 37.7 Å². The summed E-state index contributed by atoms with van der Waals surface area (Å²) in [4.78, 5) is 11.8. The Morgan fingerprint density at radius 1 is 1.50 bits per heavy atom. The minimum atomic E-state index is -0.747. The molecule has 1 fully saturated rings. The first-order valence-electron chi connectivity index (χ1n) is 6.36. The van der Waals surface area contributed by atoms with Crippen molar-refractivity contribution in [3.8, 4) is 0 Å². The molecular weight excluding hydrogens is 230 g/mol. The molecule has 18 heavy (non-hydrogen) atoms. The van der Waals surface area contributed by atoms with E-state index in [2.05, 4.69) is 22.4 Å². The molecule has 0 aromatic carbocycles. The molecule has 1 aromatic rings. The Balaban J connectivity index is 1.86. The zero-order valence-electron chi connectivity index (χ0n) is 10.6. The molecule has 0 aliphatic heterocycles. The van der Waals surface area contributed by atoms with Crippen LogP contribution in [0.15, 0.2) is 18.5 Å². The van der Waals surface area contributed by atoms with Gasteiger partial charge in [0.25, 0.3) is 5.91 Å². The fraction of sp³-hybridized carbons (Fsp3) is 0.615. The molecule has 0 unspecified atom stereocenters. The van der Waals surface area contributed by atoms with Crippen LogP contribution in [0.25, 0.3) is 0 Å². The van der Waals surface area contributed by atoms with E-state index in [0.29, 0.717) is 18.0 Å². The number of hydrogen-bond acceptors (Lipinski definition) is 4. The summed E-state index contributed by atoms with van der Waals surface area (Å²) in [5.74, 6) is 0.460. The molecule has 5 heteroatoms. The summed E-state index contributed by atoms with van der Waals surface area (Å²) >= 11 is 0. The van der Waals surface area contributed by atoms with E-state index in [4.69, 9.17) is 0 Å². The number of hydrogen-bond donors (Lipinski definition) is 2. The standard InChI is InChI=1S/C13H19N3O2/c1-10-2-5-13(18,6-3-10)9-14-12(17)11-4-7-15-16-8-11/h4,7-8,10,18H,2-3,5-6,9H2,1H3,(H,14,17). The molecule has 1 aliphatic rings. The highest BCUT2D eigenvalue weighted by Gasteiger charge is 2.32. The summed E-state index contributed by atoms with van der Waals surface area (Å²) in [5, 5.41) is 20.4. The van der Waals surface area contributed by atoms with Crippen LogP contribution in [0.5, 0.6) is 0 Å². The van der Waals surface area contributed by atoms with Gasteiger partial charge >= 0.3 is 0 Å². The second-order valence-corrected chi connectivity index (χ2v) is 5.22. The van der Waals surface area contributed by atoms with Crippen LogP contribution in [0.3, 0.4) is 0 Å². The fourth-order valence-corrected chi connectivity index (χ4v) is 2.25. The van der Waals surface area contributed by atoms with Gasteiger partial charge in [-0.2, -0.15) is 10.2 Å². The van der Waals surface area contributed by atoms with Gasteiger partial charge in [-0.3, -0.25) is 4.79 Å². The zero-order valence-corrected chi connectivity index (χ0v) is 10.6. The number of nitrogens with one attached hydrogen (secondary N) is 1. The van der Waals surface area contributed by atoms with Gasteiger partial charge in [0, 0.05) is 6.54 Å². The Labute approximate surface area is 107 Å². The van der Waals surface area contributed by atoms with Crippen molar-refractivity contribution < 1.29 is 9.90 Å². The molecule has 2 rings (SSSR count). The molecule has 0 saturated heterocycles. The molecule has 0 radical (unpaired) electrons. The van der Waals surface area contributed by atoms with Crippen LogP contribution < -0.4 is 5.32 Å². The van der Waals surface area contributed by atoms with Gasteiger partial charge in [0.2, 0.25) is 0 Å². The van der Waals surface area contributed by atoms with Crippen molar-refractivity contribution in [2.45, 2.75) is 38.2 Å². The molecular formula is C13H19N3O2. The number of aliphatic hydroxyl groups is 1. The van der Waals surface area contributed by atoms with Crippen molar-refractivity contribution in [2.75, 3.05) is 6.54 Å². The number of rotatable bonds is 3. The Bertz CT molecular complexity index is 400. The third-order valence-electron chi connectivity index (χ3n) is 3.63. The summed E-state index contributed by atoms with van der Waals surface area (Å²) in [6, 6.07) is 1.61. The lowest BCUT2D eigenvalue weighted by molar-refractivity contribution is -0.00540. The normalized spacial score (nSPS) is 27.8. The lowest BCUT2D eigenvalue weighted by Crippen LogP contribution is -2.45. The summed E-state index contributed by atoms with van der Waals surface area (Å²) < 4.78 is 0. The van der Waals surface area contributed by atoms with E-state index in [1.807, 2.05) is 0 Å². The molecule has 1 heterocycles. The maximum atomic E-state index is 11.8. The van der Waals surface area contributed by atoms with Gasteiger partial charge < -0.3 is 10.4 Å². The number of nitrogens with zero attached hydrogens (tertiary/aromatic N) is 2. The quantitative estimate of drug-likeness (QED) is 0.842. The van der Waals surface area contributed by atoms with Crippen molar-refractivity contribution in [2.24, 2.45) is 5.92 Å². The first kappa shape index (κ1) is 13.0. The molecule has 1 aromatic heterocycles. The van der Waals surface area contributed by atoms with Gasteiger partial charge in [0.1, 0.15) is 0 Å². The van der Waals surface area contributed by atoms with E-state index in [-0.39, 0.29) is 5.91 Å². The Hall–Kier alpha value is -1.49. The molecule has 5 nitrogen and oxygen atoms in total. The smallest absolute Gasteiger partial charge is 0.253 e. The summed E-state index contributed by atoms with van der Waals surface area (Å²) in [6.07, 6.45) is 6.44. The summed E-state index contributed by atoms with van der Waals surface area (Å²) in [5.41, 5.74) is -0.277. The molecule has 1 saturated carbocycles. The van der Waals surface area contributed by atoms with Gasteiger partial charge in [-0.1, -0.05) is 6.92 Å². The molecule has 0 bridgehead atoms. The van der Waals surface area contributed by atoms with Gasteiger partial charge in [0.15, 0.2) is 0 Å². The average Bonchev–Trinajstić information content (AvgIpc) is 2.41. The first-order valence-corrected chi connectivity index (χ1v) is 6.36. The lowest BCUT2D eigenvalue weighted by atomic mass is 9.79. The van der Waals surface area contributed by atoms with E-state index in [1.54, 1.807) is 6.07 Å². The van der Waals surface area contributed by atoms with E-state index in [0.717, 1.165) is 25.7 Å². The van der Waals surface area contributed by atoms with E-state index < -0.39 is 5.60 Å². The van der Waals surface area contributed by atoms with Gasteiger partial charge in [-0.25, -0.2) is 0 Å². The SMILES string of the molecule is CC1CCC(O)(CNC(=O)c2ccnnc2)CC1. The van der Waals surface area contributed by atoms with Crippen molar-refractivity contribution in [1.82, 2.24) is 15.5 Å². The second-order valence-electron chi connectivity index (χ2n) is 5.22. The molecule has 98 valence electrons. The maximum absolute atomic E-state index is 11.8. The third kappa shape index (κ3) is 3.26. The van der Waals surface area contributed by atoms with E-state index >= 15 is 0 Å². The van der Waals surface area contributed by atoms with Crippen molar-refractivity contribution in [3.05, 3.63) is 24.0 Å². The second kappa shape index (κ2) is 5.44. The number of carbonyl (C=O) groups is 1. The average molecular weight is 249 g/mol. The third-order valence-corrected chi connectivity index (χ3v) is 3.63. The Kier molecular flexibility index (Phi) is 3.91. The maximum Gasteiger partial charge on any atom is 0.253 e. The van der Waals surface area contributed by atoms with E-state index in [9.17, 15) is 9.90 Å². The lowest BCUT2D eigenvalue weighted by Gasteiger charge is -2.34. The Morgan fingerprint density at radius 3 is 2.83 bits per heavy atom. The Morgan fingerprint density at radius 2 is 2.22 bits per heavy atom. The van der Waals surface area contributed by atoms with Crippen molar-refractivity contribution in [3.63, 3.8) is 0 Å². The van der Waals surface area contributed by atoms with Crippen molar-refractivity contribution in [1.29, 1.82) is 0 Å². The first-order chi connectivity index (χ1) is 8.59. The van der Waals surface area contributed by atoms with Crippen LogP contribution in [0.1, 0.15) is 43.0 Å². The largest absolute Gasteiger partial charge is 0.388 e. The number of amides is 1. The van der Waals surface area contributed by atoms with Crippen LogP contribution in [-0.4, -0.2) is 33.4 Å². The van der Waals surface area contributed by atoms with Gasteiger partial charge in [0.05, 0.1) is 23.6 Å². The predicted molar refractivity (Wildman–Crippen MR) is 66.9 cm³/mol. The molecule has 0 spiro atoms. The minimum Gasteiger partial charge on any atom is -0.388 e. The highest BCUT2D eigenvalue weighted by atomic mass is 16.3. The van der Waals surface area contributed by atoms with Gasteiger partial charge in [-0.15, -0.1) is 0 Å².